The van der Waals surface area contributed by atoms with E-state index in [4.69, 9.17) is 4.42 Å². The minimum atomic E-state index is -4.44. The molecule has 0 aliphatic carbocycles. The molecular formula is C11H15F3N2O. The van der Waals surface area contributed by atoms with Gasteiger partial charge >= 0.3 is 6.18 Å². The van der Waals surface area contributed by atoms with Crippen molar-refractivity contribution in [2.24, 2.45) is 5.92 Å². The fourth-order valence-corrected chi connectivity index (χ4v) is 2.14. The second-order valence-electron chi connectivity index (χ2n) is 4.59. The van der Waals surface area contributed by atoms with Crippen molar-refractivity contribution in [2.75, 3.05) is 18.0 Å². The van der Waals surface area contributed by atoms with Crippen LogP contribution in [0.25, 0.3) is 0 Å². The van der Waals surface area contributed by atoms with E-state index in [9.17, 15) is 13.2 Å². The van der Waals surface area contributed by atoms with Crippen LogP contribution in [0.15, 0.2) is 4.42 Å². The molecule has 2 heterocycles. The molecule has 0 radical (unpaired) electrons. The first-order valence-electron chi connectivity index (χ1n) is 5.67. The first-order valence-corrected chi connectivity index (χ1v) is 5.67. The van der Waals surface area contributed by atoms with Crippen LogP contribution < -0.4 is 4.90 Å². The summed E-state index contributed by atoms with van der Waals surface area (Å²) in [6.07, 6.45) is -2.38. The third-order valence-corrected chi connectivity index (χ3v) is 2.98. The van der Waals surface area contributed by atoms with Gasteiger partial charge in [0.05, 0.1) is 0 Å². The minimum absolute atomic E-state index is 0.0985. The quantitative estimate of drug-likeness (QED) is 0.764. The highest BCUT2D eigenvalue weighted by Gasteiger charge is 2.38. The molecule has 0 N–H and O–H groups in total. The zero-order valence-electron chi connectivity index (χ0n) is 9.84. The van der Waals surface area contributed by atoms with Crippen LogP contribution in [0.3, 0.4) is 0 Å². The van der Waals surface area contributed by atoms with Crippen LogP contribution in [0.1, 0.15) is 31.2 Å². The van der Waals surface area contributed by atoms with E-state index in [-0.39, 0.29) is 11.8 Å². The molecule has 0 amide bonds. The maximum absolute atomic E-state index is 12.6. The van der Waals surface area contributed by atoms with Gasteiger partial charge in [-0.2, -0.15) is 18.2 Å². The number of aryl methyl sites for hydroxylation is 1. The van der Waals surface area contributed by atoms with Gasteiger partial charge in [0.15, 0.2) is 5.69 Å². The van der Waals surface area contributed by atoms with Crippen LogP contribution in [0.5, 0.6) is 0 Å². The van der Waals surface area contributed by atoms with Crippen molar-refractivity contribution < 1.29 is 17.6 Å². The summed E-state index contributed by atoms with van der Waals surface area (Å²) < 4.78 is 42.8. The third-order valence-electron chi connectivity index (χ3n) is 2.98. The molecule has 17 heavy (non-hydrogen) atoms. The van der Waals surface area contributed by atoms with Crippen LogP contribution in [-0.2, 0) is 6.18 Å². The maximum atomic E-state index is 12.6. The van der Waals surface area contributed by atoms with Crippen molar-refractivity contribution in [3.05, 3.63) is 11.5 Å². The van der Waals surface area contributed by atoms with E-state index in [1.54, 1.807) is 4.90 Å². The lowest BCUT2D eigenvalue weighted by atomic mass is 10.0. The molecule has 6 heteroatoms. The number of rotatable bonds is 1. The zero-order valence-corrected chi connectivity index (χ0v) is 9.84. The SMILES string of the molecule is Cc1oc(N2CCCC(C)C2)nc1C(F)(F)F. The second kappa shape index (κ2) is 4.23. The number of aromatic nitrogens is 1. The molecule has 0 bridgehead atoms. The van der Waals surface area contributed by atoms with E-state index in [2.05, 4.69) is 11.9 Å². The van der Waals surface area contributed by atoms with Gasteiger partial charge in [0.25, 0.3) is 6.01 Å². The third kappa shape index (κ3) is 2.56. The van der Waals surface area contributed by atoms with Gasteiger partial charge in [-0.05, 0) is 25.7 Å². The van der Waals surface area contributed by atoms with Crippen LogP contribution in [-0.4, -0.2) is 18.1 Å². The Kier molecular flexibility index (Phi) is 3.05. The number of piperidine rings is 1. The number of halogens is 3. The van der Waals surface area contributed by atoms with Gasteiger partial charge in [0.2, 0.25) is 0 Å². The number of anilines is 1. The largest absolute Gasteiger partial charge is 0.436 e. The normalized spacial score (nSPS) is 21.9. The van der Waals surface area contributed by atoms with Gasteiger partial charge in [-0.25, -0.2) is 0 Å². The van der Waals surface area contributed by atoms with Crippen LogP contribution in [0.2, 0.25) is 0 Å². The molecule has 1 unspecified atom stereocenters. The number of alkyl halides is 3. The van der Waals surface area contributed by atoms with Crippen LogP contribution in [0, 0.1) is 12.8 Å². The van der Waals surface area contributed by atoms with Crippen molar-refractivity contribution in [3.63, 3.8) is 0 Å². The van der Waals surface area contributed by atoms with E-state index in [0.717, 1.165) is 12.8 Å². The van der Waals surface area contributed by atoms with Crippen molar-refractivity contribution in [3.8, 4) is 0 Å². The van der Waals surface area contributed by atoms with Gasteiger partial charge in [0, 0.05) is 13.1 Å². The molecule has 1 fully saturated rings. The summed E-state index contributed by atoms with van der Waals surface area (Å²) in [7, 11) is 0. The lowest BCUT2D eigenvalue weighted by molar-refractivity contribution is -0.141. The first-order chi connectivity index (χ1) is 7.88. The van der Waals surface area contributed by atoms with Crippen LogP contribution >= 0.6 is 0 Å². The average Bonchev–Trinajstić information content (AvgIpc) is 2.60. The Hall–Kier alpha value is -1.20. The Morgan fingerprint density at radius 3 is 2.65 bits per heavy atom. The zero-order chi connectivity index (χ0) is 12.6. The van der Waals surface area contributed by atoms with E-state index >= 15 is 0 Å². The average molecular weight is 248 g/mol. The molecule has 96 valence electrons. The highest BCUT2D eigenvalue weighted by molar-refractivity contribution is 5.31. The Balaban J connectivity index is 2.22. The van der Waals surface area contributed by atoms with E-state index in [1.807, 2.05) is 0 Å². The van der Waals surface area contributed by atoms with E-state index in [1.165, 1.54) is 6.92 Å². The molecule has 1 aliphatic rings. The molecular weight excluding hydrogens is 233 g/mol. The summed E-state index contributed by atoms with van der Waals surface area (Å²) in [6.45, 7) is 4.79. The van der Waals surface area contributed by atoms with Gasteiger partial charge < -0.3 is 9.32 Å². The summed E-state index contributed by atoms with van der Waals surface area (Å²) in [5.41, 5.74) is -0.911. The fraction of sp³-hybridized carbons (Fsp3) is 0.727. The van der Waals surface area contributed by atoms with Crippen molar-refractivity contribution >= 4 is 6.01 Å². The summed E-state index contributed by atoms with van der Waals surface area (Å²) in [5.74, 6) is 0.302. The smallest absolute Gasteiger partial charge is 0.428 e. The predicted molar refractivity (Wildman–Crippen MR) is 56.9 cm³/mol. The number of nitrogens with zero attached hydrogens (tertiary/aromatic N) is 2. The Morgan fingerprint density at radius 1 is 1.41 bits per heavy atom. The Morgan fingerprint density at radius 2 is 2.12 bits per heavy atom. The standard InChI is InChI=1S/C11H15F3N2O/c1-7-4-3-5-16(6-7)10-15-9(8(2)17-10)11(12,13)14/h7H,3-6H2,1-2H3. The molecule has 3 nitrogen and oxygen atoms in total. The summed E-state index contributed by atoms with van der Waals surface area (Å²) in [4.78, 5) is 5.36. The molecule has 1 atom stereocenters. The minimum Gasteiger partial charge on any atom is -0.428 e. The molecule has 0 saturated carbocycles. The highest BCUT2D eigenvalue weighted by Crippen LogP contribution is 2.34. The molecule has 1 saturated heterocycles. The van der Waals surface area contributed by atoms with Gasteiger partial charge in [-0.15, -0.1) is 0 Å². The first kappa shape index (κ1) is 12.3. The number of hydrogen-bond donors (Lipinski definition) is 0. The molecule has 2 rings (SSSR count). The molecule has 1 aromatic rings. The highest BCUT2D eigenvalue weighted by atomic mass is 19.4. The topological polar surface area (TPSA) is 29.3 Å². The Labute approximate surface area is 97.6 Å². The number of oxazole rings is 1. The summed E-state index contributed by atoms with van der Waals surface area (Å²) >= 11 is 0. The lowest BCUT2D eigenvalue weighted by Gasteiger charge is -2.29. The summed E-state index contributed by atoms with van der Waals surface area (Å²) in [6, 6.07) is 0.0985. The van der Waals surface area contributed by atoms with Crippen molar-refractivity contribution in [2.45, 2.75) is 32.9 Å². The maximum Gasteiger partial charge on any atom is 0.436 e. The Bertz CT molecular complexity index is 400. The van der Waals surface area contributed by atoms with E-state index in [0.29, 0.717) is 19.0 Å². The molecule has 0 spiro atoms. The molecule has 0 aromatic carbocycles. The predicted octanol–water partition coefficient (Wildman–Crippen LogP) is 3.24. The number of hydrogen-bond acceptors (Lipinski definition) is 3. The second-order valence-corrected chi connectivity index (χ2v) is 4.59. The van der Waals surface area contributed by atoms with E-state index < -0.39 is 11.9 Å². The van der Waals surface area contributed by atoms with Gasteiger partial charge in [-0.3, -0.25) is 0 Å². The van der Waals surface area contributed by atoms with Crippen molar-refractivity contribution in [1.29, 1.82) is 0 Å². The van der Waals surface area contributed by atoms with Gasteiger partial charge in [-0.1, -0.05) is 6.92 Å². The van der Waals surface area contributed by atoms with Crippen molar-refractivity contribution in [1.82, 2.24) is 4.98 Å². The monoisotopic (exact) mass is 248 g/mol. The fourth-order valence-electron chi connectivity index (χ4n) is 2.14. The lowest BCUT2D eigenvalue weighted by Crippen LogP contribution is -2.34. The van der Waals surface area contributed by atoms with Crippen LogP contribution in [0.4, 0.5) is 19.2 Å². The van der Waals surface area contributed by atoms with Gasteiger partial charge in [0.1, 0.15) is 5.76 Å². The molecule has 1 aromatic heterocycles. The summed E-state index contributed by atoms with van der Waals surface area (Å²) in [5, 5.41) is 0. The molecule has 1 aliphatic heterocycles.